The highest BCUT2D eigenvalue weighted by Gasteiger charge is 2.19. The summed E-state index contributed by atoms with van der Waals surface area (Å²) in [5.74, 6) is 0.950. The van der Waals surface area contributed by atoms with Gasteiger partial charge in [-0.05, 0) is 51.2 Å². The molecule has 0 amide bonds. The second-order valence-electron chi connectivity index (χ2n) is 7.01. The zero-order chi connectivity index (χ0) is 19.5. The van der Waals surface area contributed by atoms with Crippen LogP contribution in [0.15, 0.2) is 42.9 Å². The van der Waals surface area contributed by atoms with Crippen LogP contribution in [0.5, 0.6) is 0 Å². The summed E-state index contributed by atoms with van der Waals surface area (Å²) in [4.78, 5) is 11.1. The van der Waals surface area contributed by atoms with Gasteiger partial charge in [0.15, 0.2) is 5.82 Å². The summed E-state index contributed by atoms with van der Waals surface area (Å²) in [5, 5.41) is 11.3. The van der Waals surface area contributed by atoms with Crippen molar-refractivity contribution in [3.63, 3.8) is 0 Å². The van der Waals surface area contributed by atoms with Gasteiger partial charge in [0.05, 0.1) is 24.1 Å². The Kier molecular flexibility index (Phi) is 5.31. The predicted molar refractivity (Wildman–Crippen MR) is 112 cm³/mol. The minimum atomic E-state index is 0.426. The quantitative estimate of drug-likeness (QED) is 0.564. The van der Waals surface area contributed by atoms with Crippen molar-refractivity contribution in [1.29, 1.82) is 0 Å². The zero-order valence-electron chi connectivity index (χ0n) is 15.6. The molecule has 3 aromatic rings. The third-order valence-electron chi connectivity index (χ3n) is 4.81. The van der Waals surface area contributed by atoms with Gasteiger partial charge in [0.25, 0.3) is 0 Å². The fourth-order valence-corrected chi connectivity index (χ4v) is 3.40. The minimum absolute atomic E-state index is 0.426. The molecule has 0 aliphatic carbocycles. The smallest absolute Gasteiger partial charge is 0.229 e. The van der Waals surface area contributed by atoms with Crippen molar-refractivity contribution < 1.29 is 0 Å². The number of piperidine rings is 1. The maximum absolute atomic E-state index is 6.24. The molecule has 0 bridgehead atoms. The summed E-state index contributed by atoms with van der Waals surface area (Å²) in [6.45, 7) is 2.18. The van der Waals surface area contributed by atoms with Crippen molar-refractivity contribution in [1.82, 2.24) is 24.6 Å². The third kappa shape index (κ3) is 4.35. The van der Waals surface area contributed by atoms with E-state index in [1.165, 1.54) is 0 Å². The number of hydrogen-bond acceptors (Lipinski definition) is 7. The highest BCUT2D eigenvalue weighted by molar-refractivity contribution is 6.32. The number of nitrogens with one attached hydrogen (secondary N) is 2. The van der Waals surface area contributed by atoms with Crippen molar-refractivity contribution in [2.45, 2.75) is 18.9 Å². The van der Waals surface area contributed by atoms with Gasteiger partial charge in [0.1, 0.15) is 5.02 Å². The Hall–Kier alpha value is -2.84. The molecule has 1 saturated heterocycles. The molecule has 1 fully saturated rings. The number of rotatable bonds is 5. The van der Waals surface area contributed by atoms with E-state index in [0.717, 1.165) is 37.3 Å². The molecule has 0 atom stereocenters. The molecule has 8 nitrogen and oxygen atoms in total. The highest BCUT2D eigenvalue weighted by Crippen LogP contribution is 2.26. The van der Waals surface area contributed by atoms with Crippen LogP contribution < -0.4 is 16.4 Å². The minimum Gasteiger partial charge on any atom is -0.399 e. The van der Waals surface area contributed by atoms with Gasteiger partial charge in [-0.15, -0.1) is 0 Å². The van der Waals surface area contributed by atoms with Crippen molar-refractivity contribution in [2.75, 3.05) is 36.5 Å². The van der Waals surface area contributed by atoms with Gasteiger partial charge in [-0.25, -0.2) is 4.98 Å². The topological polar surface area (TPSA) is 96.9 Å². The molecule has 28 heavy (non-hydrogen) atoms. The van der Waals surface area contributed by atoms with Crippen molar-refractivity contribution >= 4 is 40.4 Å². The number of anilines is 5. The van der Waals surface area contributed by atoms with E-state index in [4.69, 9.17) is 17.3 Å². The molecule has 0 spiro atoms. The van der Waals surface area contributed by atoms with Crippen LogP contribution in [0.25, 0.3) is 0 Å². The summed E-state index contributed by atoms with van der Waals surface area (Å²) in [6, 6.07) is 7.83. The summed E-state index contributed by atoms with van der Waals surface area (Å²) in [5.41, 5.74) is 8.14. The molecule has 1 aromatic carbocycles. The van der Waals surface area contributed by atoms with Crippen molar-refractivity contribution in [2.24, 2.45) is 0 Å². The molecule has 3 heterocycles. The lowest BCUT2D eigenvalue weighted by Crippen LogP contribution is -2.31. The van der Waals surface area contributed by atoms with Crippen molar-refractivity contribution in [3.8, 4) is 0 Å². The summed E-state index contributed by atoms with van der Waals surface area (Å²) >= 11 is 6.24. The van der Waals surface area contributed by atoms with E-state index in [2.05, 4.69) is 37.6 Å². The Morgan fingerprint density at radius 1 is 1.14 bits per heavy atom. The molecule has 1 aliphatic heterocycles. The largest absolute Gasteiger partial charge is 0.399 e. The lowest BCUT2D eigenvalue weighted by atomic mass is 10.1. The lowest BCUT2D eigenvalue weighted by molar-refractivity contribution is 0.212. The average molecular weight is 399 g/mol. The first kappa shape index (κ1) is 18.5. The van der Waals surface area contributed by atoms with Crippen LogP contribution in [0.4, 0.5) is 28.8 Å². The van der Waals surface area contributed by atoms with E-state index >= 15 is 0 Å². The summed E-state index contributed by atoms with van der Waals surface area (Å²) in [6.07, 6.45) is 7.56. The number of hydrogen-bond donors (Lipinski definition) is 3. The Balaban J connectivity index is 1.46. The highest BCUT2D eigenvalue weighted by atomic mass is 35.5. The average Bonchev–Trinajstić information content (AvgIpc) is 3.13. The van der Waals surface area contributed by atoms with Crippen LogP contribution in [0.2, 0.25) is 5.02 Å². The molecular formula is C19H23ClN8. The van der Waals surface area contributed by atoms with Crippen LogP contribution >= 0.6 is 11.6 Å². The zero-order valence-corrected chi connectivity index (χ0v) is 16.4. The number of aromatic nitrogens is 4. The van der Waals surface area contributed by atoms with Gasteiger partial charge in [0.2, 0.25) is 5.95 Å². The van der Waals surface area contributed by atoms with Crippen LogP contribution in [0.3, 0.4) is 0 Å². The number of nitrogen functional groups attached to an aromatic ring is 1. The van der Waals surface area contributed by atoms with E-state index in [1.54, 1.807) is 12.4 Å². The van der Waals surface area contributed by atoms with E-state index < -0.39 is 0 Å². The number of likely N-dealkylation sites (tertiary alicyclic amines) is 1. The summed E-state index contributed by atoms with van der Waals surface area (Å²) < 4.78 is 2.02. The normalized spacial score (nSPS) is 15.5. The molecule has 4 N–H and O–H groups in total. The van der Waals surface area contributed by atoms with Gasteiger partial charge in [-0.1, -0.05) is 17.7 Å². The van der Waals surface area contributed by atoms with Crippen LogP contribution in [-0.4, -0.2) is 44.8 Å². The first-order chi connectivity index (χ1) is 13.6. The molecule has 0 unspecified atom stereocenters. The Morgan fingerprint density at radius 3 is 2.75 bits per heavy atom. The van der Waals surface area contributed by atoms with E-state index in [-0.39, 0.29) is 0 Å². The number of nitrogens with zero attached hydrogens (tertiary/aromatic N) is 5. The standard InChI is InChI=1S/C19H23ClN8/c1-27-7-5-16(6-8-27)28-12-15(10-23-28)25-19-22-11-17(20)18(26-19)24-14-4-2-3-13(21)9-14/h2-4,9-12,16H,5-8,21H2,1H3,(H2,22,24,25,26). The molecule has 2 aromatic heterocycles. The van der Waals surface area contributed by atoms with Crippen LogP contribution in [-0.2, 0) is 0 Å². The molecule has 146 valence electrons. The Labute approximate surface area is 168 Å². The predicted octanol–water partition coefficient (Wildman–Crippen LogP) is 3.66. The molecule has 9 heteroatoms. The third-order valence-corrected chi connectivity index (χ3v) is 5.09. The fraction of sp³-hybridized carbons (Fsp3) is 0.316. The van der Waals surface area contributed by atoms with Gasteiger partial charge in [-0.2, -0.15) is 10.1 Å². The Morgan fingerprint density at radius 2 is 1.96 bits per heavy atom. The second kappa shape index (κ2) is 8.04. The van der Waals surface area contributed by atoms with Crippen LogP contribution in [0, 0.1) is 0 Å². The van der Waals surface area contributed by atoms with Crippen LogP contribution in [0.1, 0.15) is 18.9 Å². The Bertz CT molecular complexity index is 949. The second-order valence-corrected chi connectivity index (χ2v) is 7.42. The molecule has 0 saturated carbocycles. The lowest BCUT2D eigenvalue weighted by Gasteiger charge is -2.28. The molecular weight excluding hydrogens is 376 g/mol. The number of benzene rings is 1. The summed E-state index contributed by atoms with van der Waals surface area (Å²) in [7, 11) is 2.15. The van der Waals surface area contributed by atoms with E-state index in [9.17, 15) is 0 Å². The fourth-order valence-electron chi connectivity index (χ4n) is 3.26. The number of halogens is 1. The van der Waals surface area contributed by atoms with Gasteiger partial charge in [0, 0.05) is 17.6 Å². The maximum Gasteiger partial charge on any atom is 0.229 e. The van der Waals surface area contributed by atoms with Gasteiger partial charge >= 0.3 is 0 Å². The first-order valence-corrected chi connectivity index (χ1v) is 9.59. The SMILES string of the molecule is CN1CCC(n2cc(Nc3ncc(Cl)c(Nc4cccc(N)c4)n3)cn2)CC1. The maximum atomic E-state index is 6.24. The van der Waals surface area contributed by atoms with E-state index in [0.29, 0.717) is 28.5 Å². The molecule has 1 aliphatic rings. The van der Waals surface area contributed by atoms with E-state index in [1.807, 2.05) is 35.1 Å². The monoisotopic (exact) mass is 398 g/mol. The van der Waals surface area contributed by atoms with Gasteiger partial charge < -0.3 is 21.3 Å². The first-order valence-electron chi connectivity index (χ1n) is 9.21. The molecule has 0 radical (unpaired) electrons. The number of nitrogens with two attached hydrogens (primary N) is 1. The molecule has 4 rings (SSSR count). The van der Waals surface area contributed by atoms with Gasteiger partial charge in [-0.3, -0.25) is 4.68 Å². The van der Waals surface area contributed by atoms with Crippen molar-refractivity contribution in [3.05, 3.63) is 47.9 Å².